The van der Waals surface area contributed by atoms with Crippen molar-refractivity contribution in [2.45, 2.75) is 13.5 Å². The number of halogens is 1. The smallest absolute Gasteiger partial charge is 0.349 e. The van der Waals surface area contributed by atoms with Crippen LogP contribution in [0.5, 0.6) is 0 Å². The number of nitrogens with zero attached hydrogens (tertiary/aromatic N) is 2. The predicted octanol–water partition coefficient (Wildman–Crippen LogP) is 3.42. The number of ether oxygens (including phenoxy) is 1. The topological polar surface area (TPSA) is 61.2 Å². The molecular weight excluding hydrogens is 380 g/mol. The van der Waals surface area contributed by atoms with Gasteiger partial charge in [-0.15, -0.1) is 11.3 Å². The molecule has 0 radical (unpaired) electrons. The lowest BCUT2D eigenvalue weighted by Crippen LogP contribution is -2.16. The van der Waals surface area contributed by atoms with Gasteiger partial charge in [-0.05, 0) is 30.2 Å². The van der Waals surface area contributed by atoms with Crippen LogP contribution < -0.4 is 5.56 Å². The third-order valence-electron chi connectivity index (χ3n) is 3.45. The van der Waals surface area contributed by atoms with Gasteiger partial charge < -0.3 is 9.30 Å². The maximum atomic E-state index is 12.3. The standard InChI is InChI=1S/C16H13BrN2O3S/c1-9-12-14(18-8-19(2)15(12)20)23-13(9)16(21)22-7-10-4-3-5-11(17)6-10/h3-6,8H,7H2,1-2H3. The first-order valence-corrected chi connectivity index (χ1v) is 8.44. The third kappa shape index (κ3) is 3.07. The molecule has 0 amide bonds. The number of fused-ring (bicyclic) bond motifs is 1. The molecule has 23 heavy (non-hydrogen) atoms. The monoisotopic (exact) mass is 392 g/mol. The SMILES string of the molecule is Cc1c(C(=O)OCc2cccc(Br)c2)sc2ncn(C)c(=O)c12. The van der Waals surface area contributed by atoms with Crippen LogP contribution in [0.2, 0.25) is 0 Å². The van der Waals surface area contributed by atoms with Crippen LogP contribution in [0.4, 0.5) is 0 Å². The lowest BCUT2D eigenvalue weighted by molar-refractivity contribution is 0.0478. The van der Waals surface area contributed by atoms with Crippen molar-refractivity contribution >= 4 is 43.5 Å². The quantitative estimate of drug-likeness (QED) is 0.640. The Hall–Kier alpha value is -1.99. The molecule has 0 spiro atoms. The zero-order valence-electron chi connectivity index (χ0n) is 12.5. The van der Waals surface area contributed by atoms with E-state index in [9.17, 15) is 9.59 Å². The Balaban J connectivity index is 1.88. The zero-order chi connectivity index (χ0) is 16.6. The summed E-state index contributed by atoms with van der Waals surface area (Å²) in [6, 6.07) is 7.56. The number of carbonyl (C=O) groups is 1. The van der Waals surface area contributed by atoms with Crippen LogP contribution in [-0.2, 0) is 18.4 Å². The molecule has 2 aromatic heterocycles. The fourth-order valence-corrected chi connectivity index (χ4v) is 3.72. The number of carbonyl (C=O) groups excluding carboxylic acids is 1. The molecule has 0 fully saturated rings. The molecule has 0 bridgehead atoms. The molecule has 0 atom stereocenters. The fourth-order valence-electron chi connectivity index (χ4n) is 2.24. The van der Waals surface area contributed by atoms with Crippen molar-refractivity contribution in [1.82, 2.24) is 9.55 Å². The minimum Gasteiger partial charge on any atom is -0.457 e. The summed E-state index contributed by atoms with van der Waals surface area (Å²) in [5.74, 6) is -0.437. The minimum absolute atomic E-state index is 0.158. The second kappa shape index (κ2) is 6.25. The van der Waals surface area contributed by atoms with E-state index in [0.29, 0.717) is 20.7 Å². The summed E-state index contributed by atoms with van der Waals surface area (Å²) in [6.07, 6.45) is 1.46. The molecule has 0 saturated carbocycles. The van der Waals surface area contributed by atoms with Gasteiger partial charge in [0.25, 0.3) is 5.56 Å². The van der Waals surface area contributed by atoms with E-state index in [4.69, 9.17) is 4.74 Å². The normalized spacial score (nSPS) is 10.9. The van der Waals surface area contributed by atoms with Gasteiger partial charge in [0.2, 0.25) is 0 Å². The fraction of sp³-hybridized carbons (Fsp3) is 0.188. The van der Waals surface area contributed by atoms with Gasteiger partial charge >= 0.3 is 5.97 Å². The maximum absolute atomic E-state index is 12.3. The van der Waals surface area contributed by atoms with Gasteiger partial charge in [-0.25, -0.2) is 9.78 Å². The van der Waals surface area contributed by atoms with Crippen molar-refractivity contribution in [1.29, 1.82) is 0 Å². The highest BCUT2D eigenvalue weighted by Crippen LogP contribution is 2.27. The molecule has 1 aromatic carbocycles. The van der Waals surface area contributed by atoms with E-state index in [1.807, 2.05) is 24.3 Å². The van der Waals surface area contributed by atoms with Gasteiger partial charge in [-0.2, -0.15) is 0 Å². The largest absolute Gasteiger partial charge is 0.457 e. The number of thiophene rings is 1. The second-order valence-electron chi connectivity index (χ2n) is 5.10. The molecule has 0 saturated heterocycles. The Morgan fingerprint density at radius 2 is 2.22 bits per heavy atom. The molecule has 7 heteroatoms. The van der Waals surface area contributed by atoms with E-state index in [2.05, 4.69) is 20.9 Å². The van der Waals surface area contributed by atoms with E-state index in [0.717, 1.165) is 10.0 Å². The van der Waals surface area contributed by atoms with E-state index in [1.165, 1.54) is 22.2 Å². The highest BCUT2D eigenvalue weighted by Gasteiger charge is 2.20. The Bertz CT molecular complexity index is 962. The Kier molecular flexibility index (Phi) is 4.32. The van der Waals surface area contributed by atoms with Gasteiger partial charge in [0, 0.05) is 11.5 Å². The van der Waals surface area contributed by atoms with Crippen LogP contribution in [0.15, 0.2) is 39.9 Å². The number of esters is 1. The van der Waals surface area contributed by atoms with Crippen molar-refractivity contribution in [3.63, 3.8) is 0 Å². The summed E-state index contributed by atoms with van der Waals surface area (Å²) in [6.45, 7) is 1.93. The molecule has 0 aliphatic heterocycles. The number of hydrogen-bond donors (Lipinski definition) is 0. The van der Waals surface area contributed by atoms with Gasteiger partial charge in [-0.3, -0.25) is 4.79 Å². The van der Waals surface area contributed by atoms with Crippen molar-refractivity contribution in [2.75, 3.05) is 0 Å². The summed E-state index contributed by atoms with van der Waals surface area (Å²) in [5, 5.41) is 0.481. The number of hydrogen-bond acceptors (Lipinski definition) is 5. The summed E-state index contributed by atoms with van der Waals surface area (Å²) in [7, 11) is 1.64. The molecule has 2 heterocycles. The van der Waals surface area contributed by atoms with Crippen molar-refractivity contribution in [2.24, 2.45) is 7.05 Å². The third-order valence-corrected chi connectivity index (χ3v) is 5.13. The van der Waals surface area contributed by atoms with Gasteiger partial charge in [0.1, 0.15) is 16.3 Å². The molecule has 3 rings (SSSR count). The van der Waals surface area contributed by atoms with Crippen LogP contribution in [0.25, 0.3) is 10.2 Å². The molecule has 3 aromatic rings. The van der Waals surface area contributed by atoms with Gasteiger partial charge in [0.05, 0.1) is 11.7 Å². The average Bonchev–Trinajstić information content (AvgIpc) is 2.86. The first kappa shape index (κ1) is 15.9. The summed E-state index contributed by atoms with van der Waals surface area (Å²) >= 11 is 4.56. The Labute approximate surface area is 144 Å². The van der Waals surface area contributed by atoms with Crippen LogP contribution in [0, 0.1) is 6.92 Å². The Morgan fingerprint density at radius 1 is 1.43 bits per heavy atom. The first-order valence-electron chi connectivity index (χ1n) is 6.83. The molecular formula is C16H13BrN2O3S. The van der Waals surface area contributed by atoms with Crippen molar-refractivity contribution in [3.8, 4) is 0 Å². The van der Waals surface area contributed by atoms with Crippen molar-refractivity contribution in [3.05, 3.63) is 61.4 Å². The Morgan fingerprint density at radius 3 is 2.96 bits per heavy atom. The predicted molar refractivity (Wildman–Crippen MR) is 92.9 cm³/mol. The lowest BCUT2D eigenvalue weighted by atomic mass is 10.2. The van der Waals surface area contributed by atoms with E-state index < -0.39 is 5.97 Å². The highest BCUT2D eigenvalue weighted by atomic mass is 79.9. The van der Waals surface area contributed by atoms with Crippen LogP contribution in [0.1, 0.15) is 20.8 Å². The molecule has 0 aliphatic rings. The number of aryl methyl sites for hydroxylation is 2. The number of rotatable bonds is 3. The summed E-state index contributed by atoms with van der Waals surface area (Å²) < 4.78 is 7.69. The molecule has 118 valence electrons. The van der Waals surface area contributed by atoms with Crippen molar-refractivity contribution < 1.29 is 9.53 Å². The number of benzene rings is 1. The molecule has 0 unspecified atom stereocenters. The van der Waals surface area contributed by atoms with Crippen LogP contribution in [0.3, 0.4) is 0 Å². The second-order valence-corrected chi connectivity index (χ2v) is 7.02. The summed E-state index contributed by atoms with van der Waals surface area (Å²) in [5.41, 5.74) is 1.35. The van der Waals surface area contributed by atoms with E-state index in [1.54, 1.807) is 14.0 Å². The molecule has 0 N–H and O–H groups in total. The minimum atomic E-state index is -0.437. The van der Waals surface area contributed by atoms with Gasteiger partial charge in [-0.1, -0.05) is 28.1 Å². The van der Waals surface area contributed by atoms with Gasteiger partial charge in [0.15, 0.2) is 0 Å². The van der Waals surface area contributed by atoms with E-state index >= 15 is 0 Å². The average molecular weight is 393 g/mol. The van der Waals surface area contributed by atoms with Crippen LogP contribution >= 0.6 is 27.3 Å². The molecule has 0 aliphatic carbocycles. The highest BCUT2D eigenvalue weighted by molar-refractivity contribution is 9.10. The van der Waals surface area contributed by atoms with Crippen LogP contribution in [-0.4, -0.2) is 15.5 Å². The molecule has 5 nitrogen and oxygen atoms in total. The first-order chi connectivity index (χ1) is 11.0. The lowest BCUT2D eigenvalue weighted by Gasteiger charge is -2.04. The van der Waals surface area contributed by atoms with E-state index in [-0.39, 0.29) is 12.2 Å². The summed E-state index contributed by atoms with van der Waals surface area (Å²) in [4.78, 5) is 29.7. The zero-order valence-corrected chi connectivity index (χ0v) is 14.9. The maximum Gasteiger partial charge on any atom is 0.349 e. The number of aromatic nitrogens is 2.